The van der Waals surface area contributed by atoms with Crippen LogP contribution in [0.3, 0.4) is 0 Å². The molecular formula is C66H102N10O35. The Bertz CT molecular complexity index is 3660. The summed E-state index contributed by atoms with van der Waals surface area (Å²) < 4.78 is 20.7. The maximum atomic E-state index is 11.2. The fourth-order valence-electron chi connectivity index (χ4n) is 10.9. The molecule has 0 saturated carbocycles. The summed E-state index contributed by atoms with van der Waals surface area (Å²) in [7, 11) is 5.32. The third-order valence-electron chi connectivity index (χ3n) is 16.2. The van der Waals surface area contributed by atoms with Crippen molar-refractivity contribution >= 4 is 82.3 Å². The first-order valence-corrected chi connectivity index (χ1v) is 33.3. The van der Waals surface area contributed by atoms with Gasteiger partial charge in [-0.15, -0.1) is 0 Å². The predicted molar refractivity (Wildman–Crippen MR) is 383 cm³/mol. The maximum absolute atomic E-state index is 11.2. The van der Waals surface area contributed by atoms with E-state index in [0.717, 1.165) is 0 Å². The molecule has 0 fully saturated rings. The third-order valence-corrected chi connectivity index (χ3v) is 16.2. The van der Waals surface area contributed by atoms with Gasteiger partial charge in [-0.2, -0.15) is 0 Å². The number of aliphatic hydroxyl groups excluding tert-OH is 8. The number of ether oxygens (including phenoxy) is 4. The van der Waals surface area contributed by atoms with Crippen LogP contribution in [0.5, 0.6) is 0 Å². The molecule has 0 aromatic rings. The number of allylic oxidation sites excluding steroid dienone is 6. The molecular weight excluding hydrogens is 1490 g/mol. The molecule has 0 radical (unpaired) electrons. The highest BCUT2D eigenvalue weighted by atomic mass is 16.5. The van der Waals surface area contributed by atoms with Crippen LogP contribution in [-0.4, -0.2) is 361 Å². The molecule has 0 bridgehead atoms. The van der Waals surface area contributed by atoms with Gasteiger partial charge in [-0.05, 0) is 33.3 Å². The van der Waals surface area contributed by atoms with Crippen molar-refractivity contribution in [2.45, 2.75) is 144 Å². The van der Waals surface area contributed by atoms with E-state index in [0.29, 0.717) is 28.4 Å². The van der Waals surface area contributed by atoms with E-state index in [9.17, 15) is 99.3 Å². The minimum Gasteiger partial charge on any atom is -0.493 e. The first kappa shape index (κ1) is 98.7. The van der Waals surface area contributed by atoms with E-state index in [2.05, 4.69) is 51.5 Å². The fourth-order valence-corrected chi connectivity index (χ4v) is 10.9. The molecule has 0 amide bonds. The number of nitrogens with one attached hydrogen (secondary N) is 5. The number of hydrogen-bond acceptors (Lipinski definition) is 36. The van der Waals surface area contributed by atoms with Gasteiger partial charge in [-0.1, -0.05) is 6.08 Å². The fraction of sp³-hybridized carbons (Fsp3) is 0.606. The lowest BCUT2D eigenvalue weighted by Crippen LogP contribution is -2.49. The average molecular weight is 1600 g/mol. The Balaban J connectivity index is 0.000000694. The van der Waals surface area contributed by atoms with E-state index in [1.54, 1.807) is 20.8 Å². The zero-order valence-corrected chi connectivity index (χ0v) is 62.0. The summed E-state index contributed by atoms with van der Waals surface area (Å²) in [6, 6.07) is -3.02. The molecule has 0 heterocycles. The van der Waals surface area contributed by atoms with Crippen LogP contribution in [0.4, 0.5) is 0 Å². The molecule has 9 unspecified atom stereocenters. The zero-order chi connectivity index (χ0) is 85.1. The van der Waals surface area contributed by atoms with E-state index in [-0.39, 0.29) is 140 Å². The summed E-state index contributed by atoms with van der Waals surface area (Å²) in [5.41, 5.74) is -4.99. The number of carbonyl (C=O) groups is 9. The Morgan fingerprint density at radius 3 is 0.973 bits per heavy atom. The monoisotopic (exact) mass is 1590 g/mol. The van der Waals surface area contributed by atoms with Gasteiger partial charge in [0.2, 0.25) is 0 Å². The van der Waals surface area contributed by atoms with Crippen molar-refractivity contribution < 1.29 is 174 Å². The van der Waals surface area contributed by atoms with Crippen molar-refractivity contribution in [2.75, 3.05) is 114 Å². The van der Waals surface area contributed by atoms with Crippen LogP contribution in [0.2, 0.25) is 0 Å². The standard InChI is InChI=1S/C14H22N2O8.C14H20N2O6.C13H20N2O8.C13H22N2O6.C12H18N2O7/c1-7(18)11(13(21)22)16-9-4-14(23,6-17)3-8(12(9)24-2)15-5-10(19)20;1-3-9(13(20)21)16-11-5-14(22,7-17)4-10(8(11)2)15-6-12(18)19;1-23-11-7(14-4-10(18)19)2-13(22,6-17)3-8(11)15-9(5-16)12(20)21;1-8(6-16)15-10-4-13(20,7-17)3-9(12(10)21-2)14-5-11(18)19;1-21-11-7(13-4-9(16)17)2-12(20,6-15)3-8(11)14-5-10(18)19/h7,11,16-18,23H,3-6H2,1-2H3,(H,19,20)(H,21,22);3,16-17,22H,4-7H2,1-2H3,(H,18,19)(H,20,21);9,15-17,22H,2-6H2,1H3,(H,18,19)(H,20,21);8,15-17,20H,3-7H2,1-2H3,(H,18,19);13,15,20H,2-6H2,1H3,(H,16,17)(H,18,19)/b;9-3-,15-10?;;;. The molecule has 45 heteroatoms. The van der Waals surface area contributed by atoms with E-state index < -0.39 is 179 Å². The Kier molecular flexibility index (Phi) is 41.3. The number of carboxylic acid groups (broad SMARTS) is 9. The molecule has 0 aliphatic heterocycles. The summed E-state index contributed by atoms with van der Waals surface area (Å²) in [5.74, 6) is -9.98. The molecule has 0 aromatic heterocycles. The Morgan fingerprint density at radius 1 is 0.414 bits per heavy atom. The molecule has 111 heavy (non-hydrogen) atoms. The molecule has 0 saturated heterocycles. The topological polar surface area (TPSA) is 758 Å². The van der Waals surface area contributed by atoms with Crippen molar-refractivity contribution in [3.8, 4) is 0 Å². The van der Waals surface area contributed by atoms with Crippen LogP contribution in [0, 0.1) is 0 Å². The summed E-state index contributed by atoms with van der Waals surface area (Å²) in [5, 5.41) is 219. The Labute approximate surface area is 633 Å². The first-order valence-electron chi connectivity index (χ1n) is 33.3. The van der Waals surface area contributed by atoms with Crippen LogP contribution in [0.1, 0.15) is 91.9 Å². The number of rotatable bonds is 36. The third kappa shape index (κ3) is 32.7. The van der Waals surface area contributed by atoms with Crippen molar-refractivity contribution in [3.63, 3.8) is 0 Å². The number of aliphatic carboxylic acids is 9. The minimum absolute atomic E-state index is 0.00135. The first-order chi connectivity index (χ1) is 51.8. The quantitative estimate of drug-likeness (QED) is 0.0259. The van der Waals surface area contributed by atoms with Crippen LogP contribution in [-0.2, 0) is 62.1 Å². The second kappa shape index (κ2) is 46.4. The number of carboxylic acids is 9. The van der Waals surface area contributed by atoms with Gasteiger partial charge in [0.05, 0.1) is 154 Å². The number of aliphatic imine (C=N–C) groups is 5. The van der Waals surface area contributed by atoms with Crippen LogP contribution < -0.4 is 26.6 Å². The lowest BCUT2D eigenvalue weighted by Gasteiger charge is -2.35. The molecule has 626 valence electrons. The largest absolute Gasteiger partial charge is 0.493 e. The van der Waals surface area contributed by atoms with E-state index >= 15 is 0 Å². The van der Waals surface area contributed by atoms with Crippen molar-refractivity contribution in [2.24, 2.45) is 25.0 Å². The SMILES string of the molecule is C/C=C(\NC1=C(C)C(=NCC(=O)O)CC(O)(CO)C1)C(=O)O.COC1=C(NC(C(=O)O)C(C)O)CC(O)(CO)CC1=NCC(=O)O.COC1=C(NC(C)CO)CC(O)(CO)CC1=NCC(=O)O.COC1=C(NC(CO)C(=O)O)CC(O)(CO)CC1=NCC(=O)O.COC1=C(NCC(=O)O)CC(O)(CO)CC1=NCC(=O)O. The highest BCUT2D eigenvalue weighted by Crippen LogP contribution is 2.36. The van der Waals surface area contributed by atoms with Crippen LogP contribution in [0.15, 0.2) is 93.8 Å². The van der Waals surface area contributed by atoms with Gasteiger partial charge in [0.15, 0.2) is 29.1 Å². The van der Waals surface area contributed by atoms with Gasteiger partial charge in [-0.25, -0.2) is 14.4 Å². The lowest BCUT2D eigenvalue weighted by atomic mass is 9.82. The van der Waals surface area contributed by atoms with E-state index in [1.807, 2.05) is 0 Å². The van der Waals surface area contributed by atoms with E-state index in [4.69, 9.17) is 75.1 Å². The molecule has 0 aromatic carbocycles. The molecule has 27 N–H and O–H groups in total. The van der Waals surface area contributed by atoms with Crippen molar-refractivity contribution in [1.82, 2.24) is 26.6 Å². The smallest absolute Gasteiger partial charge is 0.351 e. The summed E-state index contributed by atoms with van der Waals surface area (Å²) in [6.45, 7) is -0.494. The molecule has 5 aliphatic carbocycles. The van der Waals surface area contributed by atoms with Crippen molar-refractivity contribution in [1.29, 1.82) is 0 Å². The molecule has 0 spiro atoms. The number of methoxy groups -OCH3 is 4. The average Bonchev–Trinajstić information content (AvgIpc) is 0.822. The summed E-state index contributed by atoms with van der Waals surface area (Å²) in [4.78, 5) is 117. The second-order valence-electron chi connectivity index (χ2n) is 25.6. The molecule has 9 atom stereocenters. The Hall–Kier alpha value is -10.3. The molecule has 45 nitrogen and oxygen atoms in total. The maximum Gasteiger partial charge on any atom is 0.351 e. The van der Waals surface area contributed by atoms with Gasteiger partial charge >= 0.3 is 53.7 Å². The Morgan fingerprint density at radius 2 is 0.712 bits per heavy atom. The number of aliphatic hydroxyl groups is 13. The summed E-state index contributed by atoms with van der Waals surface area (Å²) >= 11 is 0. The van der Waals surface area contributed by atoms with Gasteiger partial charge in [0.25, 0.3) is 0 Å². The second-order valence-corrected chi connectivity index (χ2v) is 25.6. The molecule has 5 rings (SSSR count). The minimum atomic E-state index is -1.65. The summed E-state index contributed by atoms with van der Waals surface area (Å²) in [6.07, 6.45) is -0.540. The van der Waals surface area contributed by atoms with Crippen molar-refractivity contribution in [3.05, 3.63) is 68.9 Å². The number of hydrogen-bond donors (Lipinski definition) is 27. The van der Waals surface area contributed by atoms with Crippen LogP contribution in [0.25, 0.3) is 0 Å². The van der Waals surface area contributed by atoms with Gasteiger partial charge in [-0.3, -0.25) is 53.7 Å². The van der Waals surface area contributed by atoms with Gasteiger partial charge in [0, 0.05) is 81.7 Å². The zero-order valence-electron chi connectivity index (χ0n) is 62.0. The van der Waals surface area contributed by atoms with Gasteiger partial charge in [0.1, 0.15) is 51.0 Å². The van der Waals surface area contributed by atoms with E-state index in [1.165, 1.54) is 41.4 Å². The van der Waals surface area contributed by atoms with Crippen LogP contribution >= 0.6 is 0 Å². The normalized spacial score (nSPS) is 24.8. The highest BCUT2D eigenvalue weighted by Gasteiger charge is 2.43. The lowest BCUT2D eigenvalue weighted by molar-refractivity contribution is -0.142. The predicted octanol–water partition coefficient (Wildman–Crippen LogP) is -6.47. The highest BCUT2D eigenvalue weighted by molar-refractivity contribution is 6.05. The van der Waals surface area contributed by atoms with Gasteiger partial charge < -0.3 is 158 Å². The number of nitrogens with zero attached hydrogens (tertiary/aromatic N) is 5. The molecule has 5 aliphatic rings.